The maximum Gasteiger partial charge on any atom is 0.287 e. The van der Waals surface area contributed by atoms with Crippen LogP contribution < -0.4 is 15.0 Å². The van der Waals surface area contributed by atoms with Gasteiger partial charge in [-0.1, -0.05) is 12.1 Å². The number of anilines is 1. The first-order valence-corrected chi connectivity index (χ1v) is 9.11. The number of benzene rings is 1. The maximum atomic E-state index is 12.5. The van der Waals surface area contributed by atoms with Crippen LogP contribution in [0.15, 0.2) is 47.1 Å². The van der Waals surface area contributed by atoms with Crippen molar-refractivity contribution in [2.24, 2.45) is 5.92 Å². The molecule has 4 rings (SSSR count). The third-order valence-electron chi connectivity index (χ3n) is 4.95. The van der Waals surface area contributed by atoms with Gasteiger partial charge < -0.3 is 19.4 Å². The number of carbonyl (C=O) groups excluding carboxylic acids is 1. The van der Waals surface area contributed by atoms with E-state index < -0.39 is 0 Å². The Hall–Kier alpha value is -3.09. The van der Waals surface area contributed by atoms with Crippen molar-refractivity contribution < 1.29 is 13.9 Å². The van der Waals surface area contributed by atoms with Crippen molar-refractivity contribution in [1.29, 1.82) is 0 Å². The largest absolute Gasteiger partial charge is 0.493 e. The molecule has 7 nitrogen and oxygen atoms in total. The van der Waals surface area contributed by atoms with Gasteiger partial charge in [-0.15, -0.1) is 0 Å². The minimum atomic E-state index is -0.193. The number of hydrogen-bond donors (Lipinski definition) is 1. The fourth-order valence-electron chi connectivity index (χ4n) is 3.42. The quantitative estimate of drug-likeness (QED) is 0.748. The van der Waals surface area contributed by atoms with Crippen molar-refractivity contribution >= 4 is 22.8 Å². The fraction of sp³-hybridized carbons (Fsp3) is 0.350. The normalized spacial score (nSPS) is 15.1. The number of piperidine rings is 1. The Morgan fingerprint density at radius 1 is 1.26 bits per heavy atom. The number of para-hydroxylation sites is 1. The Labute approximate surface area is 157 Å². The Morgan fingerprint density at radius 2 is 2.04 bits per heavy atom. The van der Waals surface area contributed by atoms with E-state index in [0.29, 0.717) is 29.6 Å². The molecule has 0 atom stereocenters. The van der Waals surface area contributed by atoms with Gasteiger partial charge in [0.1, 0.15) is 0 Å². The maximum absolute atomic E-state index is 12.5. The number of rotatable bonds is 5. The highest BCUT2D eigenvalue weighted by Gasteiger charge is 2.22. The number of amides is 1. The highest BCUT2D eigenvalue weighted by atomic mass is 16.5. The highest BCUT2D eigenvalue weighted by Crippen LogP contribution is 2.28. The molecule has 7 heteroatoms. The topological polar surface area (TPSA) is 80.5 Å². The molecule has 0 bridgehead atoms. The number of carbonyl (C=O) groups is 1. The van der Waals surface area contributed by atoms with Crippen molar-refractivity contribution in [2.45, 2.75) is 12.8 Å². The van der Waals surface area contributed by atoms with Crippen LogP contribution in [-0.2, 0) is 0 Å². The Kier molecular flexibility index (Phi) is 4.91. The van der Waals surface area contributed by atoms with Crippen molar-refractivity contribution in [2.75, 3.05) is 31.6 Å². The molecule has 3 aromatic rings. The lowest BCUT2D eigenvalue weighted by Gasteiger charge is -2.31. The zero-order valence-corrected chi connectivity index (χ0v) is 15.2. The molecule has 27 heavy (non-hydrogen) atoms. The van der Waals surface area contributed by atoms with Gasteiger partial charge in [0.05, 0.1) is 7.11 Å². The lowest BCUT2D eigenvalue weighted by atomic mass is 9.97. The van der Waals surface area contributed by atoms with Crippen LogP contribution in [-0.4, -0.2) is 42.6 Å². The molecule has 0 saturated carbocycles. The second-order valence-corrected chi connectivity index (χ2v) is 6.68. The van der Waals surface area contributed by atoms with Gasteiger partial charge in [-0.3, -0.25) is 4.79 Å². The molecule has 1 aliphatic heterocycles. The Balaban J connectivity index is 1.32. The van der Waals surface area contributed by atoms with Crippen LogP contribution in [0.5, 0.6) is 5.75 Å². The zero-order chi connectivity index (χ0) is 18.6. The van der Waals surface area contributed by atoms with Gasteiger partial charge in [-0.05, 0) is 37.0 Å². The first kappa shape index (κ1) is 17.3. The lowest BCUT2D eigenvalue weighted by molar-refractivity contribution is 0.0919. The van der Waals surface area contributed by atoms with E-state index >= 15 is 0 Å². The molecule has 0 spiro atoms. The standard InChI is InChI=1S/C20H22N4O3/c1-26-16-5-2-4-15-12-17(27-18(15)16)19(25)23-13-14-6-10-24(11-7-14)20-21-8-3-9-22-20/h2-5,8-9,12,14H,6-7,10-11,13H2,1H3,(H,23,25). The molecule has 3 heterocycles. The number of ether oxygens (including phenoxy) is 1. The number of furan rings is 1. The summed E-state index contributed by atoms with van der Waals surface area (Å²) < 4.78 is 11.0. The highest BCUT2D eigenvalue weighted by molar-refractivity contribution is 5.97. The van der Waals surface area contributed by atoms with Crippen molar-refractivity contribution in [1.82, 2.24) is 15.3 Å². The van der Waals surface area contributed by atoms with Crippen LogP contribution in [0.1, 0.15) is 23.4 Å². The third kappa shape index (κ3) is 3.72. The molecule has 1 aromatic carbocycles. The molecule has 1 fully saturated rings. The second kappa shape index (κ2) is 7.65. The number of hydrogen-bond acceptors (Lipinski definition) is 6. The molecule has 1 amide bonds. The summed E-state index contributed by atoms with van der Waals surface area (Å²) in [5.41, 5.74) is 0.598. The molecule has 140 valence electrons. The smallest absolute Gasteiger partial charge is 0.287 e. The average Bonchev–Trinajstić information content (AvgIpc) is 3.17. The number of fused-ring (bicyclic) bond motifs is 1. The van der Waals surface area contributed by atoms with Crippen molar-refractivity contribution in [3.05, 3.63) is 48.5 Å². The zero-order valence-electron chi connectivity index (χ0n) is 15.2. The van der Waals surface area contributed by atoms with Gasteiger partial charge in [-0.25, -0.2) is 9.97 Å². The van der Waals surface area contributed by atoms with E-state index in [1.807, 2.05) is 24.3 Å². The summed E-state index contributed by atoms with van der Waals surface area (Å²) in [6.07, 6.45) is 5.51. The van der Waals surface area contributed by atoms with Crippen LogP contribution >= 0.6 is 0 Å². The van der Waals surface area contributed by atoms with Gasteiger partial charge in [0, 0.05) is 37.4 Å². The fourth-order valence-corrected chi connectivity index (χ4v) is 3.42. The molecule has 1 N–H and O–H groups in total. The number of aromatic nitrogens is 2. The Bertz CT molecular complexity index is 917. The second-order valence-electron chi connectivity index (χ2n) is 6.68. The lowest BCUT2D eigenvalue weighted by Crippen LogP contribution is -2.39. The summed E-state index contributed by atoms with van der Waals surface area (Å²) in [5, 5.41) is 3.86. The van der Waals surface area contributed by atoms with Gasteiger partial charge >= 0.3 is 0 Å². The SMILES string of the molecule is COc1cccc2cc(C(=O)NCC3CCN(c4ncccn4)CC3)oc12. The van der Waals surface area contributed by atoms with Crippen LogP contribution in [0.3, 0.4) is 0 Å². The van der Waals surface area contributed by atoms with E-state index in [9.17, 15) is 4.79 Å². The van der Waals surface area contributed by atoms with Gasteiger partial charge in [0.25, 0.3) is 5.91 Å². The number of nitrogens with one attached hydrogen (secondary N) is 1. The predicted octanol–water partition coefficient (Wildman–Crippen LogP) is 2.88. The summed E-state index contributed by atoms with van der Waals surface area (Å²) in [5.74, 6) is 1.96. The average molecular weight is 366 g/mol. The summed E-state index contributed by atoms with van der Waals surface area (Å²) >= 11 is 0. The van der Waals surface area contributed by atoms with Crippen LogP contribution in [0, 0.1) is 5.92 Å². The van der Waals surface area contributed by atoms with Gasteiger partial charge in [-0.2, -0.15) is 0 Å². The first-order valence-electron chi connectivity index (χ1n) is 9.11. The van der Waals surface area contributed by atoms with Crippen molar-refractivity contribution in [3.8, 4) is 5.75 Å². The number of methoxy groups -OCH3 is 1. The third-order valence-corrected chi connectivity index (χ3v) is 4.95. The monoisotopic (exact) mass is 366 g/mol. The minimum absolute atomic E-state index is 0.193. The van der Waals surface area contributed by atoms with E-state index in [1.54, 1.807) is 25.6 Å². The van der Waals surface area contributed by atoms with Gasteiger partial charge in [0.15, 0.2) is 17.1 Å². The van der Waals surface area contributed by atoms with E-state index in [1.165, 1.54) is 0 Å². The molecule has 0 radical (unpaired) electrons. The van der Waals surface area contributed by atoms with Gasteiger partial charge in [0.2, 0.25) is 5.95 Å². The summed E-state index contributed by atoms with van der Waals surface area (Å²) in [6, 6.07) is 9.17. The predicted molar refractivity (Wildman–Crippen MR) is 102 cm³/mol. The molecular weight excluding hydrogens is 344 g/mol. The molecule has 0 aliphatic carbocycles. The van der Waals surface area contributed by atoms with E-state index in [2.05, 4.69) is 20.2 Å². The molecular formula is C20H22N4O3. The summed E-state index contributed by atoms with van der Waals surface area (Å²) in [4.78, 5) is 23.2. The van der Waals surface area contributed by atoms with Crippen LogP contribution in [0.2, 0.25) is 0 Å². The van der Waals surface area contributed by atoms with Crippen LogP contribution in [0.4, 0.5) is 5.95 Å². The van der Waals surface area contributed by atoms with Crippen LogP contribution in [0.25, 0.3) is 11.0 Å². The van der Waals surface area contributed by atoms with E-state index in [0.717, 1.165) is 37.3 Å². The minimum Gasteiger partial charge on any atom is -0.493 e. The van der Waals surface area contributed by atoms with E-state index in [4.69, 9.17) is 9.15 Å². The first-order chi connectivity index (χ1) is 13.2. The molecule has 1 aliphatic rings. The number of nitrogens with zero attached hydrogens (tertiary/aromatic N) is 3. The van der Waals surface area contributed by atoms with E-state index in [-0.39, 0.29) is 5.91 Å². The molecule has 1 saturated heterocycles. The summed E-state index contributed by atoms with van der Waals surface area (Å²) in [6.45, 7) is 2.43. The molecule has 0 unspecified atom stereocenters. The van der Waals surface area contributed by atoms with Crippen molar-refractivity contribution in [3.63, 3.8) is 0 Å². The Morgan fingerprint density at radius 3 is 2.78 bits per heavy atom. The molecule has 2 aromatic heterocycles. The summed E-state index contributed by atoms with van der Waals surface area (Å²) in [7, 11) is 1.59.